The third-order valence-corrected chi connectivity index (χ3v) is 4.62. The van der Waals surface area contributed by atoms with Crippen molar-refractivity contribution >= 4 is 10.2 Å². The Hall–Kier alpha value is -0.210. The number of aliphatic hydroxyl groups excluding tert-OH is 1. The van der Waals surface area contributed by atoms with E-state index in [-0.39, 0.29) is 24.9 Å². The molecule has 1 rings (SSSR count). The number of nitrogens with one attached hydrogen (secondary N) is 1. The van der Waals surface area contributed by atoms with Crippen molar-refractivity contribution in [1.29, 1.82) is 0 Å². The van der Waals surface area contributed by atoms with Gasteiger partial charge in [0, 0.05) is 25.7 Å². The molecule has 0 bridgehead atoms. The Morgan fingerprint density at radius 2 is 1.94 bits per heavy atom. The molecule has 1 heterocycles. The van der Waals surface area contributed by atoms with Crippen LogP contribution in [0.1, 0.15) is 33.6 Å². The molecule has 18 heavy (non-hydrogen) atoms. The zero-order valence-corrected chi connectivity index (χ0v) is 12.1. The van der Waals surface area contributed by atoms with Crippen LogP contribution in [0.5, 0.6) is 0 Å². The Bertz CT molecular complexity index is 337. The van der Waals surface area contributed by atoms with E-state index in [0.29, 0.717) is 25.9 Å². The molecule has 7 heteroatoms. The fourth-order valence-corrected chi connectivity index (χ4v) is 3.78. The molecular formula is C11H24N2O4S. The van der Waals surface area contributed by atoms with Crippen LogP contribution < -0.4 is 4.72 Å². The minimum atomic E-state index is -3.49. The molecule has 1 fully saturated rings. The number of hydrogen-bond donors (Lipinski definition) is 2. The number of aliphatic hydroxyl groups is 1. The minimum absolute atomic E-state index is 0.0169. The van der Waals surface area contributed by atoms with E-state index in [2.05, 4.69) is 4.72 Å². The van der Waals surface area contributed by atoms with E-state index in [9.17, 15) is 8.42 Å². The van der Waals surface area contributed by atoms with Gasteiger partial charge >= 0.3 is 0 Å². The van der Waals surface area contributed by atoms with Crippen molar-refractivity contribution in [1.82, 2.24) is 9.03 Å². The average Bonchev–Trinajstić information content (AvgIpc) is 2.27. The van der Waals surface area contributed by atoms with Gasteiger partial charge in [-0.25, -0.2) is 0 Å². The van der Waals surface area contributed by atoms with Crippen molar-refractivity contribution in [3.63, 3.8) is 0 Å². The molecule has 0 spiro atoms. The van der Waals surface area contributed by atoms with Crippen molar-refractivity contribution < 1.29 is 18.3 Å². The van der Waals surface area contributed by atoms with Crippen LogP contribution in [-0.4, -0.2) is 55.8 Å². The Balaban J connectivity index is 2.67. The van der Waals surface area contributed by atoms with Crippen molar-refractivity contribution in [2.75, 3.05) is 19.7 Å². The standard InChI is InChI=1S/C11H24N2O4S/c1-4-11(5-6-14)12-18(15,16)13-7-9(2)17-10(3)8-13/h9-12,14H,4-8H2,1-3H3. The van der Waals surface area contributed by atoms with Gasteiger partial charge in [-0.3, -0.25) is 0 Å². The van der Waals surface area contributed by atoms with Gasteiger partial charge in [0.1, 0.15) is 0 Å². The molecule has 0 radical (unpaired) electrons. The maximum absolute atomic E-state index is 12.2. The first-order valence-electron chi connectivity index (χ1n) is 6.42. The Labute approximate surface area is 109 Å². The molecule has 1 saturated heterocycles. The molecule has 1 aliphatic heterocycles. The SMILES string of the molecule is CCC(CCO)NS(=O)(=O)N1CC(C)OC(C)C1. The van der Waals surface area contributed by atoms with Crippen LogP contribution in [0, 0.1) is 0 Å². The van der Waals surface area contributed by atoms with Gasteiger partial charge in [0.05, 0.1) is 12.2 Å². The first-order chi connectivity index (χ1) is 8.39. The van der Waals surface area contributed by atoms with E-state index in [1.807, 2.05) is 20.8 Å². The summed E-state index contributed by atoms with van der Waals surface area (Å²) < 4.78 is 34.0. The maximum atomic E-state index is 12.2. The van der Waals surface area contributed by atoms with E-state index in [1.54, 1.807) is 0 Å². The van der Waals surface area contributed by atoms with Gasteiger partial charge in [0.2, 0.25) is 0 Å². The van der Waals surface area contributed by atoms with Crippen LogP contribution in [0.4, 0.5) is 0 Å². The van der Waals surface area contributed by atoms with E-state index in [4.69, 9.17) is 9.84 Å². The van der Waals surface area contributed by atoms with Crippen LogP contribution in [0.15, 0.2) is 0 Å². The van der Waals surface area contributed by atoms with Gasteiger partial charge in [-0.2, -0.15) is 17.4 Å². The Kier molecular flexibility index (Phi) is 6.00. The third-order valence-electron chi connectivity index (χ3n) is 3.01. The lowest BCUT2D eigenvalue weighted by atomic mass is 10.2. The lowest BCUT2D eigenvalue weighted by Gasteiger charge is -2.35. The first-order valence-corrected chi connectivity index (χ1v) is 7.86. The molecule has 0 aromatic carbocycles. The molecular weight excluding hydrogens is 256 g/mol. The van der Waals surface area contributed by atoms with Gasteiger partial charge in [-0.1, -0.05) is 6.92 Å². The van der Waals surface area contributed by atoms with Gasteiger partial charge in [0.25, 0.3) is 10.2 Å². The summed E-state index contributed by atoms with van der Waals surface area (Å²) in [5.74, 6) is 0. The van der Waals surface area contributed by atoms with Gasteiger partial charge < -0.3 is 9.84 Å². The number of morpholine rings is 1. The molecule has 0 saturated carbocycles. The van der Waals surface area contributed by atoms with Crippen LogP contribution in [-0.2, 0) is 14.9 Å². The molecule has 0 amide bonds. The quantitative estimate of drug-likeness (QED) is 0.723. The second kappa shape index (κ2) is 6.81. The fraction of sp³-hybridized carbons (Fsp3) is 1.00. The Morgan fingerprint density at radius 1 is 1.39 bits per heavy atom. The molecule has 108 valence electrons. The van der Waals surface area contributed by atoms with Gasteiger partial charge in [-0.05, 0) is 26.7 Å². The predicted molar refractivity (Wildman–Crippen MR) is 69.4 cm³/mol. The van der Waals surface area contributed by atoms with Gasteiger partial charge in [-0.15, -0.1) is 0 Å². The van der Waals surface area contributed by atoms with E-state index < -0.39 is 10.2 Å². The second-order valence-corrected chi connectivity index (χ2v) is 6.52. The highest BCUT2D eigenvalue weighted by molar-refractivity contribution is 7.87. The summed E-state index contributed by atoms with van der Waals surface area (Å²) in [5, 5.41) is 8.89. The molecule has 0 aromatic heterocycles. The van der Waals surface area contributed by atoms with Crippen LogP contribution >= 0.6 is 0 Å². The zero-order valence-electron chi connectivity index (χ0n) is 11.3. The smallest absolute Gasteiger partial charge is 0.279 e. The highest BCUT2D eigenvalue weighted by Gasteiger charge is 2.31. The molecule has 1 aliphatic rings. The number of rotatable bonds is 6. The molecule has 2 N–H and O–H groups in total. The summed E-state index contributed by atoms with van der Waals surface area (Å²) >= 11 is 0. The molecule has 3 unspecified atom stereocenters. The summed E-state index contributed by atoms with van der Waals surface area (Å²) in [6.07, 6.45) is 0.909. The van der Waals surface area contributed by atoms with E-state index in [0.717, 1.165) is 0 Å². The average molecular weight is 280 g/mol. The Morgan fingerprint density at radius 3 is 2.39 bits per heavy atom. The lowest BCUT2D eigenvalue weighted by Crippen LogP contribution is -2.53. The van der Waals surface area contributed by atoms with Crippen molar-refractivity contribution in [3.8, 4) is 0 Å². The van der Waals surface area contributed by atoms with Crippen LogP contribution in [0.25, 0.3) is 0 Å². The van der Waals surface area contributed by atoms with E-state index in [1.165, 1.54) is 4.31 Å². The fourth-order valence-electron chi connectivity index (χ4n) is 2.11. The number of ether oxygens (including phenoxy) is 1. The lowest BCUT2D eigenvalue weighted by molar-refractivity contribution is -0.0444. The summed E-state index contributed by atoms with van der Waals surface area (Å²) in [6.45, 7) is 6.35. The summed E-state index contributed by atoms with van der Waals surface area (Å²) in [7, 11) is -3.49. The molecule has 6 nitrogen and oxygen atoms in total. The molecule has 0 aliphatic carbocycles. The normalized spacial score (nSPS) is 28.2. The monoisotopic (exact) mass is 280 g/mol. The predicted octanol–water partition coefficient (Wildman–Crippen LogP) is 0.0910. The van der Waals surface area contributed by atoms with E-state index >= 15 is 0 Å². The number of nitrogens with zero attached hydrogens (tertiary/aromatic N) is 1. The second-order valence-electron chi connectivity index (χ2n) is 4.81. The summed E-state index contributed by atoms with van der Waals surface area (Å²) in [5.41, 5.74) is 0. The molecule has 0 aromatic rings. The van der Waals surface area contributed by atoms with Crippen molar-refractivity contribution in [2.24, 2.45) is 0 Å². The summed E-state index contributed by atoms with van der Waals surface area (Å²) in [6, 6.07) is -0.214. The topological polar surface area (TPSA) is 78.9 Å². The van der Waals surface area contributed by atoms with Gasteiger partial charge in [0.15, 0.2) is 0 Å². The zero-order chi connectivity index (χ0) is 13.8. The summed E-state index contributed by atoms with van der Waals surface area (Å²) in [4.78, 5) is 0. The van der Waals surface area contributed by atoms with Crippen LogP contribution in [0.2, 0.25) is 0 Å². The molecule has 3 atom stereocenters. The van der Waals surface area contributed by atoms with Crippen molar-refractivity contribution in [2.45, 2.75) is 51.9 Å². The van der Waals surface area contributed by atoms with Crippen LogP contribution in [0.3, 0.4) is 0 Å². The third kappa shape index (κ3) is 4.47. The maximum Gasteiger partial charge on any atom is 0.279 e. The number of hydrogen-bond acceptors (Lipinski definition) is 4. The minimum Gasteiger partial charge on any atom is -0.396 e. The highest BCUT2D eigenvalue weighted by Crippen LogP contribution is 2.14. The first kappa shape index (κ1) is 15.8. The largest absolute Gasteiger partial charge is 0.396 e. The van der Waals surface area contributed by atoms with Crippen molar-refractivity contribution in [3.05, 3.63) is 0 Å². The highest BCUT2D eigenvalue weighted by atomic mass is 32.2.